The zero-order valence-electron chi connectivity index (χ0n) is 15.3. The molecule has 1 saturated carbocycles. The number of ether oxygens (including phenoxy) is 2. The number of hydrogen-bond acceptors (Lipinski definition) is 4. The van der Waals surface area contributed by atoms with Crippen LogP contribution in [-0.2, 0) is 9.47 Å². The van der Waals surface area contributed by atoms with Gasteiger partial charge >= 0.3 is 6.09 Å². The van der Waals surface area contributed by atoms with Crippen molar-refractivity contribution in [2.24, 2.45) is 0 Å². The van der Waals surface area contributed by atoms with E-state index in [4.69, 9.17) is 9.47 Å². The molecule has 0 aromatic heterocycles. The van der Waals surface area contributed by atoms with E-state index in [1.807, 2.05) is 31.2 Å². The van der Waals surface area contributed by atoms with Gasteiger partial charge in [-0.3, -0.25) is 0 Å². The highest BCUT2D eigenvalue weighted by atomic mass is 16.6. The number of aliphatic hydroxyl groups is 1. The molecule has 1 atom stereocenters. The molecule has 6 rings (SSSR count). The first-order valence-electron chi connectivity index (χ1n) is 9.45. The van der Waals surface area contributed by atoms with Gasteiger partial charge in [0.1, 0.15) is 12.7 Å². The molecule has 2 aliphatic carbocycles. The fourth-order valence-corrected chi connectivity index (χ4v) is 5.27. The van der Waals surface area contributed by atoms with Crippen LogP contribution >= 0.6 is 0 Å². The maximum Gasteiger partial charge on any atom is 0.407 e. The molecule has 5 nitrogen and oxygen atoms in total. The molecule has 2 saturated heterocycles. The lowest BCUT2D eigenvalue weighted by atomic mass is 9.67. The van der Waals surface area contributed by atoms with Gasteiger partial charge < -0.3 is 19.9 Å². The number of carbonyl (C=O) groups excluding carboxylic acids is 1. The first-order chi connectivity index (χ1) is 13.0. The maximum absolute atomic E-state index is 12.5. The van der Waals surface area contributed by atoms with Crippen LogP contribution in [0.5, 0.6) is 0 Å². The Morgan fingerprint density at radius 3 is 2.33 bits per heavy atom. The predicted octanol–water partition coefficient (Wildman–Crippen LogP) is 3.21. The van der Waals surface area contributed by atoms with E-state index >= 15 is 0 Å². The van der Waals surface area contributed by atoms with Crippen LogP contribution in [0, 0.1) is 0 Å². The summed E-state index contributed by atoms with van der Waals surface area (Å²) in [5.74, 6) is 0.0424. The lowest BCUT2D eigenvalue weighted by Gasteiger charge is -2.43. The summed E-state index contributed by atoms with van der Waals surface area (Å²) in [5, 5.41) is 12.5. The van der Waals surface area contributed by atoms with Gasteiger partial charge in [0.2, 0.25) is 0 Å². The Hall–Kier alpha value is -2.37. The van der Waals surface area contributed by atoms with E-state index in [2.05, 4.69) is 29.6 Å². The van der Waals surface area contributed by atoms with E-state index in [1.54, 1.807) is 0 Å². The number of fused-ring (bicyclic) bond motifs is 4. The summed E-state index contributed by atoms with van der Waals surface area (Å²) in [7, 11) is 0. The first-order valence-corrected chi connectivity index (χ1v) is 9.45. The second-order valence-electron chi connectivity index (χ2n) is 8.20. The van der Waals surface area contributed by atoms with E-state index in [-0.39, 0.29) is 30.8 Å². The van der Waals surface area contributed by atoms with Crippen molar-refractivity contribution in [2.75, 3.05) is 13.2 Å². The number of benzene rings is 2. The largest absolute Gasteiger partial charge is 0.449 e. The van der Waals surface area contributed by atoms with Crippen LogP contribution in [0.1, 0.15) is 36.8 Å². The van der Waals surface area contributed by atoms with Gasteiger partial charge in [-0.1, -0.05) is 48.5 Å². The van der Waals surface area contributed by atoms with Crippen molar-refractivity contribution in [1.29, 1.82) is 0 Å². The molecule has 4 aliphatic rings. The van der Waals surface area contributed by atoms with Crippen LogP contribution < -0.4 is 5.32 Å². The Bertz CT molecular complexity index is 857. The molecule has 27 heavy (non-hydrogen) atoms. The highest BCUT2D eigenvalue weighted by molar-refractivity contribution is 5.79. The summed E-state index contributed by atoms with van der Waals surface area (Å²) in [6.45, 7) is 2.21. The van der Waals surface area contributed by atoms with Crippen molar-refractivity contribution in [2.45, 2.75) is 42.9 Å². The normalized spacial score (nSPS) is 30.4. The van der Waals surface area contributed by atoms with Crippen molar-refractivity contribution in [3.05, 3.63) is 59.7 Å². The molecule has 3 fully saturated rings. The minimum absolute atomic E-state index is 0.0424. The third kappa shape index (κ3) is 2.49. The van der Waals surface area contributed by atoms with Gasteiger partial charge in [0.15, 0.2) is 0 Å². The minimum atomic E-state index is -0.494. The number of hydrogen-bond donors (Lipinski definition) is 2. The molecule has 2 aliphatic heterocycles. The second-order valence-corrected chi connectivity index (χ2v) is 8.20. The molecule has 0 radical (unpaired) electrons. The van der Waals surface area contributed by atoms with E-state index in [0.29, 0.717) is 0 Å². The van der Waals surface area contributed by atoms with Gasteiger partial charge in [0.05, 0.1) is 17.7 Å². The van der Waals surface area contributed by atoms with Crippen molar-refractivity contribution < 1.29 is 19.4 Å². The van der Waals surface area contributed by atoms with Gasteiger partial charge in [-0.25, -0.2) is 4.79 Å². The SMILES string of the molecule is CC12CC(NC(=O)OCC3c4ccccc4-c4ccccc43)(C1)C(CO)O2. The molecule has 140 valence electrons. The molecule has 2 bridgehead atoms. The molecule has 0 spiro atoms. The molecule has 5 heteroatoms. The second kappa shape index (κ2) is 5.81. The summed E-state index contributed by atoms with van der Waals surface area (Å²) < 4.78 is 11.5. The monoisotopic (exact) mass is 365 g/mol. The number of alkyl carbamates (subject to hydrolysis) is 1. The molecular weight excluding hydrogens is 342 g/mol. The molecule has 1 amide bonds. The Labute approximate surface area is 158 Å². The Kier molecular flexibility index (Phi) is 3.61. The quantitative estimate of drug-likeness (QED) is 0.873. The Morgan fingerprint density at radius 1 is 1.15 bits per heavy atom. The summed E-state index contributed by atoms with van der Waals surface area (Å²) in [6.07, 6.45) is 0.635. The highest BCUT2D eigenvalue weighted by Crippen LogP contribution is 2.55. The third-order valence-electron chi connectivity index (χ3n) is 6.28. The predicted molar refractivity (Wildman–Crippen MR) is 101 cm³/mol. The van der Waals surface area contributed by atoms with E-state index < -0.39 is 11.6 Å². The van der Waals surface area contributed by atoms with Crippen molar-refractivity contribution in [1.82, 2.24) is 5.32 Å². The Morgan fingerprint density at radius 2 is 1.74 bits per heavy atom. The number of rotatable bonds is 4. The topological polar surface area (TPSA) is 67.8 Å². The van der Waals surface area contributed by atoms with Crippen LogP contribution in [0.4, 0.5) is 4.79 Å². The number of nitrogens with one attached hydrogen (secondary N) is 1. The molecule has 2 aromatic carbocycles. The average Bonchev–Trinajstić information content (AvgIpc) is 3.22. The van der Waals surface area contributed by atoms with Crippen molar-refractivity contribution in [3.63, 3.8) is 0 Å². The summed E-state index contributed by atoms with van der Waals surface area (Å²) >= 11 is 0. The fraction of sp³-hybridized carbons (Fsp3) is 0.409. The molecule has 2 aromatic rings. The van der Waals surface area contributed by atoms with E-state index in [9.17, 15) is 9.90 Å². The zero-order valence-corrected chi connectivity index (χ0v) is 15.3. The summed E-state index contributed by atoms with van der Waals surface area (Å²) in [4.78, 5) is 12.5. The Balaban J connectivity index is 1.30. The summed E-state index contributed by atoms with van der Waals surface area (Å²) in [6, 6.07) is 16.5. The number of carbonyl (C=O) groups is 1. The lowest BCUT2D eigenvalue weighted by molar-refractivity contribution is -0.0234. The average molecular weight is 365 g/mol. The van der Waals surface area contributed by atoms with Gasteiger partial charge in [-0.15, -0.1) is 0 Å². The van der Waals surface area contributed by atoms with Crippen LogP contribution in [0.3, 0.4) is 0 Å². The van der Waals surface area contributed by atoms with Crippen LogP contribution in [0.25, 0.3) is 11.1 Å². The minimum Gasteiger partial charge on any atom is -0.449 e. The fourth-order valence-electron chi connectivity index (χ4n) is 5.27. The van der Waals surface area contributed by atoms with Gasteiger partial charge in [-0.2, -0.15) is 0 Å². The van der Waals surface area contributed by atoms with Crippen LogP contribution in [0.2, 0.25) is 0 Å². The number of aliphatic hydroxyl groups excluding tert-OH is 1. The summed E-state index contributed by atoms with van der Waals surface area (Å²) in [5.41, 5.74) is 4.08. The van der Waals surface area contributed by atoms with E-state index in [1.165, 1.54) is 22.3 Å². The molecule has 1 unspecified atom stereocenters. The first kappa shape index (κ1) is 16.8. The molecule has 2 heterocycles. The zero-order chi connectivity index (χ0) is 18.6. The third-order valence-corrected chi connectivity index (χ3v) is 6.28. The van der Waals surface area contributed by atoms with Gasteiger partial charge in [0, 0.05) is 18.8 Å². The van der Waals surface area contributed by atoms with Gasteiger partial charge in [0.25, 0.3) is 0 Å². The smallest absolute Gasteiger partial charge is 0.407 e. The number of amides is 1. The highest BCUT2D eigenvalue weighted by Gasteiger charge is 2.66. The van der Waals surface area contributed by atoms with E-state index in [0.717, 1.165) is 12.8 Å². The van der Waals surface area contributed by atoms with Gasteiger partial charge in [-0.05, 0) is 29.2 Å². The van der Waals surface area contributed by atoms with Crippen LogP contribution in [-0.4, -0.2) is 41.7 Å². The van der Waals surface area contributed by atoms with Crippen LogP contribution in [0.15, 0.2) is 48.5 Å². The maximum atomic E-state index is 12.5. The molecule has 2 N–H and O–H groups in total. The van der Waals surface area contributed by atoms with Crippen molar-refractivity contribution >= 4 is 6.09 Å². The standard InChI is InChI=1S/C22H23NO4/c1-21-12-22(13-21,19(10-24)27-21)23-20(25)26-11-18-16-8-4-2-6-14(16)15-7-3-5-9-17(15)18/h2-9,18-19,24H,10-13H2,1H3,(H,23,25). The van der Waals surface area contributed by atoms with Crippen molar-refractivity contribution in [3.8, 4) is 11.1 Å². The lowest BCUT2D eigenvalue weighted by Crippen LogP contribution is -2.61. The molecular formula is C22H23NO4.